The lowest BCUT2D eigenvalue weighted by atomic mass is 9.70. The SMILES string of the molecule is O=C1C[C@H]2CN3CCc4c([nH]c5ccccc45)[C@H]3C[C@@H]2CC12SCCCS2. The van der Waals surface area contributed by atoms with Crippen molar-refractivity contribution in [3.8, 4) is 0 Å². The number of hydrogen-bond donors (Lipinski definition) is 1. The van der Waals surface area contributed by atoms with Crippen molar-refractivity contribution in [1.29, 1.82) is 0 Å². The van der Waals surface area contributed by atoms with E-state index in [1.54, 1.807) is 5.56 Å². The van der Waals surface area contributed by atoms with E-state index in [0.29, 0.717) is 23.7 Å². The smallest absolute Gasteiger partial charge is 0.159 e. The first-order chi connectivity index (χ1) is 13.2. The summed E-state index contributed by atoms with van der Waals surface area (Å²) in [6.45, 7) is 2.26. The van der Waals surface area contributed by atoms with Gasteiger partial charge in [0.25, 0.3) is 0 Å². The Balaban J connectivity index is 1.33. The first-order valence-corrected chi connectivity index (χ1v) is 12.4. The van der Waals surface area contributed by atoms with E-state index in [-0.39, 0.29) is 4.08 Å². The number of para-hydroxylation sites is 1. The minimum atomic E-state index is -0.112. The fraction of sp³-hybridized carbons (Fsp3) is 0.591. The number of piperidine rings is 1. The molecule has 27 heavy (non-hydrogen) atoms. The summed E-state index contributed by atoms with van der Waals surface area (Å²) >= 11 is 3.92. The number of rotatable bonds is 0. The van der Waals surface area contributed by atoms with Gasteiger partial charge in [-0.15, -0.1) is 23.5 Å². The number of Topliss-reactive ketones (excluding diaryl/α,β-unsaturated/α-hetero) is 1. The Morgan fingerprint density at radius 2 is 2.00 bits per heavy atom. The van der Waals surface area contributed by atoms with Crippen molar-refractivity contribution in [3.63, 3.8) is 0 Å². The molecule has 1 aromatic heterocycles. The number of carbonyl (C=O) groups excluding carboxylic acids is 1. The van der Waals surface area contributed by atoms with Gasteiger partial charge in [-0.25, -0.2) is 0 Å². The molecule has 1 aliphatic carbocycles. The summed E-state index contributed by atoms with van der Waals surface area (Å²) in [6.07, 6.45) is 5.53. The van der Waals surface area contributed by atoms with Crippen molar-refractivity contribution in [2.24, 2.45) is 11.8 Å². The molecule has 1 aromatic carbocycles. The van der Waals surface area contributed by atoms with Gasteiger partial charge < -0.3 is 4.98 Å². The van der Waals surface area contributed by atoms with Crippen LogP contribution >= 0.6 is 23.5 Å². The van der Waals surface area contributed by atoms with Crippen molar-refractivity contribution < 1.29 is 4.79 Å². The summed E-state index contributed by atoms with van der Waals surface area (Å²) in [7, 11) is 0. The normalized spacial score (nSPS) is 32.9. The average Bonchev–Trinajstić information content (AvgIpc) is 3.08. The Labute approximate surface area is 169 Å². The third-order valence-corrected chi connectivity index (χ3v) is 10.7. The first kappa shape index (κ1) is 17.0. The highest BCUT2D eigenvalue weighted by Crippen LogP contribution is 2.56. The van der Waals surface area contributed by atoms with Gasteiger partial charge in [0.15, 0.2) is 5.78 Å². The highest BCUT2D eigenvalue weighted by atomic mass is 32.2. The minimum Gasteiger partial charge on any atom is -0.357 e. The molecule has 3 fully saturated rings. The Hall–Kier alpha value is -0.910. The zero-order chi connectivity index (χ0) is 18.0. The van der Waals surface area contributed by atoms with Crippen LogP contribution in [0.1, 0.15) is 43.0 Å². The van der Waals surface area contributed by atoms with Crippen molar-refractivity contribution >= 4 is 40.2 Å². The number of benzene rings is 1. The molecule has 142 valence electrons. The van der Waals surface area contributed by atoms with Crippen molar-refractivity contribution in [2.75, 3.05) is 24.6 Å². The van der Waals surface area contributed by atoms with Gasteiger partial charge in [0.2, 0.25) is 0 Å². The van der Waals surface area contributed by atoms with Gasteiger partial charge in [0.05, 0.1) is 6.04 Å². The van der Waals surface area contributed by atoms with E-state index >= 15 is 0 Å². The van der Waals surface area contributed by atoms with Crippen LogP contribution in [0.3, 0.4) is 0 Å². The number of fused-ring (bicyclic) bond motifs is 6. The second kappa shape index (κ2) is 6.30. The molecule has 5 heteroatoms. The molecule has 3 nitrogen and oxygen atoms in total. The number of nitrogens with one attached hydrogen (secondary N) is 1. The number of hydrogen-bond acceptors (Lipinski definition) is 4. The third kappa shape index (κ3) is 2.57. The standard InChI is InChI=1S/C22H26N2OS2/c25-20-11-15-13-24-7-6-17-16-4-1-2-5-18(16)23-21(17)19(24)10-14(15)12-22(20)26-8-3-9-27-22/h1-2,4-5,14-15,19,23H,3,6-13H2/t14-,15+,19-/m1/s1. The van der Waals surface area contributed by atoms with Crippen LogP contribution < -0.4 is 0 Å². The van der Waals surface area contributed by atoms with Gasteiger partial charge in [-0.05, 0) is 60.7 Å². The van der Waals surface area contributed by atoms with Crippen LogP contribution in [-0.4, -0.2) is 44.3 Å². The number of aromatic amines is 1. The Kier molecular flexibility index (Phi) is 3.96. The number of aromatic nitrogens is 1. The van der Waals surface area contributed by atoms with Gasteiger partial charge in [0.1, 0.15) is 4.08 Å². The summed E-state index contributed by atoms with van der Waals surface area (Å²) in [6, 6.07) is 9.30. The first-order valence-electron chi connectivity index (χ1n) is 10.4. The summed E-state index contributed by atoms with van der Waals surface area (Å²) in [5.41, 5.74) is 4.31. The second-order valence-electron chi connectivity index (χ2n) is 8.71. The molecule has 1 saturated carbocycles. The quantitative estimate of drug-likeness (QED) is 0.702. The number of thioether (sulfide) groups is 2. The highest BCUT2D eigenvalue weighted by Gasteiger charge is 2.52. The molecule has 4 heterocycles. The van der Waals surface area contributed by atoms with E-state index in [1.165, 1.54) is 29.4 Å². The molecule has 0 unspecified atom stereocenters. The third-order valence-electron chi connectivity index (χ3n) is 7.29. The maximum absolute atomic E-state index is 13.0. The number of H-pyrrole nitrogens is 1. The minimum absolute atomic E-state index is 0.112. The van der Waals surface area contributed by atoms with Gasteiger partial charge in [0, 0.05) is 36.1 Å². The lowest BCUT2D eigenvalue weighted by Crippen LogP contribution is -2.53. The highest BCUT2D eigenvalue weighted by molar-refractivity contribution is 8.19. The monoisotopic (exact) mass is 398 g/mol. The summed E-state index contributed by atoms with van der Waals surface area (Å²) < 4.78 is -0.112. The van der Waals surface area contributed by atoms with Crippen molar-refractivity contribution in [3.05, 3.63) is 35.5 Å². The molecule has 2 saturated heterocycles. The van der Waals surface area contributed by atoms with Gasteiger partial charge >= 0.3 is 0 Å². The average molecular weight is 399 g/mol. The number of ketones is 1. The molecule has 6 rings (SSSR count). The molecule has 1 N–H and O–H groups in total. The molecule has 4 aliphatic rings. The lowest BCUT2D eigenvalue weighted by Gasteiger charge is -2.52. The summed E-state index contributed by atoms with van der Waals surface area (Å²) in [4.78, 5) is 19.5. The Morgan fingerprint density at radius 1 is 1.15 bits per heavy atom. The van der Waals surface area contributed by atoms with Crippen molar-refractivity contribution in [2.45, 2.75) is 42.2 Å². The largest absolute Gasteiger partial charge is 0.357 e. The molecular weight excluding hydrogens is 372 g/mol. The molecule has 0 radical (unpaired) electrons. The van der Waals surface area contributed by atoms with E-state index in [4.69, 9.17) is 0 Å². The summed E-state index contributed by atoms with van der Waals surface area (Å²) in [5.74, 6) is 4.14. The van der Waals surface area contributed by atoms with Crippen LogP contribution in [0.15, 0.2) is 24.3 Å². The van der Waals surface area contributed by atoms with Gasteiger partial charge in [-0.1, -0.05) is 18.2 Å². The van der Waals surface area contributed by atoms with E-state index in [9.17, 15) is 4.79 Å². The molecular formula is C22H26N2OS2. The zero-order valence-corrected chi connectivity index (χ0v) is 17.2. The number of nitrogens with zero attached hydrogens (tertiary/aromatic N) is 1. The van der Waals surface area contributed by atoms with Crippen LogP contribution in [-0.2, 0) is 11.2 Å². The van der Waals surface area contributed by atoms with E-state index in [2.05, 4.69) is 34.1 Å². The predicted molar refractivity (Wildman–Crippen MR) is 114 cm³/mol. The van der Waals surface area contributed by atoms with Crippen molar-refractivity contribution in [1.82, 2.24) is 9.88 Å². The fourth-order valence-electron chi connectivity index (χ4n) is 5.97. The molecule has 2 aromatic rings. The molecule has 3 aliphatic heterocycles. The Bertz CT molecular complexity index is 901. The second-order valence-corrected chi connectivity index (χ2v) is 11.8. The topological polar surface area (TPSA) is 36.1 Å². The van der Waals surface area contributed by atoms with Crippen LogP contribution in [0.25, 0.3) is 10.9 Å². The fourth-order valence-corrected chi connectivity index (χ4v) is 9.38. The van der Waals surface area contributed by atoms with Gasteiger partial charge in [-0.3, -0.25) is 9.69 Å². The zero-order valence-electron chi connectivity index (χ0n) is 15.6. The van der Waals surface area contributed by atoms with Gasteiger partial charge in [-0.2, -0.15) is 0 Å². The molecule has 0 amide bonds. The van der Waals surface area contributed by atoms with E-state index in [0.717, 1.165) is 43.9 Å². The van der Waals surface area contributed by atoms with E-state index in [1.807, 2.05) is 23.5 Å². The molecule has 3 atom stereocenters. The molecule has 1 spiro atoms. The summed E-state index contributed by atoms with van der Waals surface area (Å²) in [5, 5.41) is 1.42. The maximum Gasteiger partial charge on any atom is 0.159 e. The van der Waals surface area contributed by atoms with Crippen LogP contribution in [0.4, 0.5) is 0 Å². The maximum atomic E-state index is 13.0. The Morgan fingerprint density at radius 3 is 2.89 bits per heavy atom. The lowest BCUT2D eigenvalue weighted by molar-refractivity contribution is -0.125. The van der Waals surface area contributed by atoms with Crippen LogP contribution in [0.2, 0.25) is 0 Å². The van der Waals surface area contributed by atoms with E-state index < -0.39 is 0 Å². The number of carbonyl (C=O) groups is 1. The van der Waals surface area contributed by atoms with Crippen LogP contribution in [0, 0.1) is 11.8 Å². The molecule has 0 bridgehead atoms. The van der Waals surface area contributed by atoms with Crippen LogP contribution in [0.5, 0.6) is 0 Å². The predicted octanol–water partition coefficient (Wildman–Crippen LogP) is 4.63.